The Bertz CT molecular complexity index is 4710. The molecular formula is C62H53F10IN18O4. The molecule has 22 nitrogen and oxygen atoms in total. The summed E-state index contributed by atoms with van der Waals surface area (Å²) in [4.78, 5) is 17.6. The molecule has 4 unspecified atom stereocenters. The number of phenols is 1. The molecular weight excluding hydrogens is 1380 g/mol. The van der Waals surface area contributed by atoms with E-state index in [2.05, 4.69) is 109 Å². The van der Waals surface area contributed by atoms with Gasteiger partial charge in [0, 0.05) is 76.5 Å². The molecule has 0 bridgehead atoms. The van der Waals surface area contributed by atoms with E-state index in [0.29, 0.717) is 51.4 Å². The fourth-order valence-corrected chi connectivity index (χ4v) is 10.0. The van der Waals surface area contributed by atoms with Gasteiger partial charge in [0.15, 0.2) is 22.6 Å². The van der Waals surface area contributed by atoms with Crippen LogP contribution in [-0.2, 0) is 0 Å². The van der Waals surface area contributed by atoms with E-state index in [-0.39, 0.29) is 51.5 Å². The maximum absolute atomic E-state index is 13.7. The first-order chi connectivity index (χ1) is 45.6. The van der Waals surface area contributed by atoms with Gasteiger partial charge in [-0.05, 0) is 147 Å². The average Bonchev–Trinajstić information content (AvgIpc) is 1.73. The number of ether oxygens (including phenoxy) is 3. The predicted molar refractivity (Wildman–Crippen MR) is 338 cm³/mol. The smallest absolute Gasteiger partial charge is 0.387 e. The third-order valence-corrected chi connectivity index (χ3v) is 14.7. The summed E-state index contributed by atoms with van der Waals surface area (Å²) in [6.45, 7) is -2.02. The zero-order chi connectivity index (χ0) is 67.4. The molecule has 6 N–H and O–H groups in total. The SMILES string of the molecule is CC(Nc1ccn2ncc(-c3cn[nH]c3)c2n1)c1cc(F)ccc1OC(F)F.CC(Nc1ccn2ncc(I)c2n1)c1cc(F)ccc1OC(F)F.CC(Nc1ccn2nccc2n1)c1cc(F)ccc1O.CC(Nc1ccn2nccc2n1)c1cc(F)ccc1OC(F)F. The average molecular weight is 1430 g/mol. The van der Waals surface area contributed by atoms with Crippen molar-refractivity contribution in [2.45, 2.75) is 71.7 Å². The molecule has 0 saturated carbocycles. The van der Waals surface area contributed by atoms with Crippen LogP contribution < -0.4 is 35.5 Å². The van der Waals surface area contributed by atoms with Crippen LogP contribution in [0.3, 0.4) is 0 Å². The van der Waals surface area contributed by atoms with Crippen LogP contribution >= 0.6 is 22.6 Å². The van der Waals surface area contributed by atoms with E-state index in [4.69, 9.17) is 0 Å². The second-order valence-electron chi connectivity index (χ2n) is 20.4. The molecule has 0 aliphatic rings. The Balaban J connectivity index is 0.000000139. The molecule has 0 fully saturated rings. The highest BCUT2D eigenvalue weighted by atomic mass is 127. The quantitative estimate of drug-likeness (QED) is 0.0325. The maximum Gasteiger partial charge on any atom is 0.387 e. The highest BCUT2D eigenvalue weighted by Crippen LogP contribution is 2.34. The number of nitrogens with one attached hydrogen (secondary N) is 5. The van der Waals surface area contributed by atoms with E-state index in [1.165, 1.54) is 36.4 Å². The lowest BCUT2D eigenvalue weighted by molar-refractivity contribution is -0.0512. The zero-order valence-corrected chi connectivity index (χ0v) is 52.0. The first-order valence-electron chi connectivity index (χ1n) is 28.3. The number of aromatic amines is 1. The van der Waals surface area contributed by atoms with Gasteiger partial charge >= 0.3 is 19.8 Å². The minimum absolute atomic E-state index is 0.0526. The molecule has 4 atom stereocenters. The van der Waals surface area contributed by atoms with Crippen molar-refractivity contribution in [1.29, 1.82) is 0 Å². The van der Waals surface area contributed by atoms with Crippen molar-refractivity contribution in [3.63, 3.8) is 0 Å². The normalized spacial score (nSPS) is 12.5. The predicted octanol–water partition coefficient (Wildman–Crippen LogP) is 14.7. The van der Waals surface area contributed by atoms with Gasteiger partial charge in [0.1, 0.15) is 69.5 Å². The van der Waals surface area contributed by atoms with Gasteiger partial charge in [0.2, 0.25) is 0 Å². The molecule has 492 valence electrons. The van der Waals surface area contributed by atoms with Gasteiger partial charge < -0.3 is 40.6 Å². The summed E-state index contributed by atoms with van der Waals surface area (Å²) in [5, 5.41) is 45.2. The summed E-state index contributed by atoms with van der Waals surface area (Å²) in [5.41, 5.74) is 5.49. The molecule has 95 heavy (non-hydrogen) atoms. The van der Waals surface area contributed by atoms with Gasteiger partial charge in [0.05, 0.1) is 58.7 Å². The molecule has 0 spiro atoms. The molecule has 33 heteroatoms. The number of rotatable bonds is 19. The number of alkyl halides is 6. The number of hydrogen-bond acceptors (Lipinski definition) is 17. The summed E-state index contributed by atoms with van der Waals surface area (Å²) in [6.07, 6.45) is 16.9. The van der Waals surface area contributed by atoms with Crippen molar-refractivity contribution < 1.29 is 63.2 Å². The van der Waals surface area contributed by atoms with E-state index >= 15 is 0 Å². The molecule has 0 saturated heterocycles. The molecule has 0 aliphatic carbocycles. The zero-order valence-electron chi connectivity index (χ0n) is 49.9. The van der Waals surface area contributed by atoms with Gasteiger partial charge in [-0.2, -0.15) is 51.8 Å². The molecule has 9 aromatic heterocycles. The molecule has 13 rings (SSSR count). The van der Waals surface area contributed by atoms with Crippen LogP contribution in [0.1, 0.15) is 74.1 Å². The number of aromatic nitrogens is 14. The van der Waals surface area contributed by atoms with Crippen LogP contribution in [0, 0.1) is 26.8 Å². The second-order valence-corrected chi connectivity index (χ2v) is 21.6. The Labute approximate surface area is 545 Å². The van der Waals surface area contributed by atoms with Crippen molar-refractivity contribution in [2.75, 3.05) is 21.3 Å². The Hall–Kier alpha value is -11.0. The van der Waals surface area contributed by atoms with Crippen LogP contribution in [0.25, 0.3) is 33.7 Å². The Kier molecular flexibility index (Phi) is 21.3. The Morgan fingerprint density at radius 2 is 0.821 bits per heavy atom. The largest absolute Gasteiger partial charge is 0.508 e. The molecule has 0 amide bonds. The fourth-order valence-electron chi connectivity index (χ4n) is 9.51. The number of benzene rings is 4. The number of aromatic hydroxyl groups is 1. The third kappa shape index (κ3) is 17.2. The van der Waals surface area contributed by atoms with Crippen LogP contribution in [0.15, 0.2) is 171 Å². The molecule has 9 heterocycles. The summed E-state index contributed by atoms with van der Waals surface area (Å²) in [5.74, 6) is -0.0677. The summed E-state index contributed by atoms with van der Waals surface area (Å²) < 4.78 is 150. The molecule has 4 aromatic carbocycles. The van der Waals surface area contributed by atoms with Crippen molar-refractivity contribution >= 4 is 68.5 Å². The van der Waals surface area contributed by atoms with E-state index in [9.17, 15) is 49.0 Å². The van der Waals surface area contributed by atoms with Crippen molar-refractivity contribution in [3.8, 4) is 34.1 Å². The molecule has 13 aromatic rings. The first-order valence-corrected chi connectivity index (χ1v) is 29.4. The van der Waals surface area contributed by atoms with Gasteiger partial charge in [0.25, 0.3) is 0 Å². The van der Waals surface area contributed by atoms with Crippen LogP contribution in [-0.4, -0.2) is 93.5 Å². The van der Waals surface area contributed by atoms with E-state index in [0.717, 1.165) is 51.1 Å². The van der Waals surface area contributed by atoms with E-state index in [1.54, 1.807) is 137 Å². The Morgan fingerprint density at radius 1 is 0.442 bits per heavy atom. The number of nitrogens with zero attached hydrogens (tertiary/aromatic N) is 13. The summed E-state index contributed by atoms with van der Waals surface area (Å²) in [6, 6.07) is 22.7. The standard InChI is InChI=1S/C18H15F3N6O.C15H12F3IN4O.C15H13F3N4O.C14H13FN4O/c1-10(13-6-12(19)2-3-15(13)28-18(20)21)25-16-4-5-27-17(26-16)14(9-24-27)11-7-22-23-8-11;1-8(10-6-9(16)2-3-12(10)24-15(17)18)21-13-4-5-23-14(22-13)11(19)7-20-23;1-9(11-8-10(16)2-3-12(11)23-15(17)18)20-13-5-7-22-14(21-13)4-6-19-22;1-9(11-8-10(15)2-3-12(11)20)17-13-5-7-19-14(18-13)4-6-16-19/h2-10,18H,1H3,(H,22,23)(H,25,26);2-8,15H,1H3,(H,21,22);2-9,15H,1H3,(H,20,21);2-9,20H,1H3,(H,17,18). The second kappa shape index (κ2) is 30.2. The number of anilines is 4. The maximum atomic E-state index is 13.7. The minimum Gasteiger partial charge on any atom is -0.508 e. The summed E-state index contributed by atoms with van der Waals surface area (Å²) >= 11 is 2.11. The van der Waals surface area contributed by atoms with Gasteiger partial charge in [-0.15, -0.1) is 0 Å². The van der Waals surface area contributed by atoms with Crippen molar-refractivity contribution in [3.05, 3.63) is 220 Å². The third-order valence-electron chi connectivity index (χ3n) is 13.9. The lowest BCUT2D eigenvalue weighted by Gasteiger charge is -2.19. The lowest BCUT2D eigenvalue weighted by atomic mass is 10.1. The van der Waals surface area contributed by atoms with Crippen LogP contribution in [0.5, 0.6) is 23.0 Å². The number of hydrogen-bond donors (Lipinski definition) is 6. The number of H-pyrrole nitrogens is 1. The van der Waals surface area contributed by atoms with Crippen molar-refractivity contribution in [2.24, 2.45) is 0 Å². The topological polar surface area (TPSA) is 245 Å². The number of phenolic OH excluding ortho intramolecular Hbond substituents is 1. The lowest BCUT2D eigenvalue weighted by Crippen LogP contribution is -2.12. The Morgan fingerprint density at radius 3 is 1.25 bits per heavy atom. The minimum atomic E-state index is -3.00. The van der Waals surface area contributed by atoms with Gasteiger partial charge in [-0.3, -0.25) is 5.10 Å². The molecule has 0 aliphatic heterocycles. The fraction of sp³-hybridized carbons (Fsp3) is 0.177. The van der Waals surface area contributed by atoms with E-state index < -0.39 is 55.4 Å². The first kappa shape index (κ1) is 66.9. The van der Waals surface area contributed by atoms with Crippen LogP contribution in [0.4, 0.5) is 67.2 Å². The number of fused-ring (bicyclic) bond motifs is 4. The monoisotopic (exact) mass is 1430 g/mol. The van der Waals surface area contributed by atoms with Gasteiger partial charge in [-0.25, -0.2) is 55.6 Å². The van der Waals surface area contributed by atoms with Gasteiger partial charge in [-0.1, -0.05) is 0 Å². The van der Waals surface area contributed by atoms with Crippen molar-refractivity contribution in [1.82, 2.24) is 68.6 Å². The molecule has 0 radical (unpaired) electrons. The van der Waals surface area contributed by atoms with E-state index in [1.807, 2.05) is 6.92 Å². The summed E-state index contributed by atoms with van der Waals surface area (Å²) in [7, 11) is 0. The van der Waals surface area contributed by atoms with Crippen LogP contribution in [0.2, 0.25) is 0 Å². The highest BCUT2D eigenvalue weighted by Gasteiger charge is 2.22. The highest BCUT2D eigenvalue weighted by molar-refractivity contribution is 14.1. The number of halogens is 11.